The lowest BCUT2D eigenvalue weighted by atomic mass is 9.84. The zero-order chi connectivity index (χ0) is 16.0. The maximum Gasteiger partial charge on any atom is 0.191 e. The highest BCUT2D eigenvalue weighted by Gasteiger charge is 2.23. The molecule has 23 heavy (non-hydrogen) atoms. The molecule has 0 atom stereocenters. The molecule has 128 valence electrons. The van der Waals surface area contributed by atoms with Crippen molar-refractivity contribution < 1.29 is 9.47 Å². The van der Waals surface area contributed by atoms with E-state index in [0.29, 0.717) is 19.8 Å². The van der Waals surface area contributed by atoms with Crippen LogP contribution in [-0.4, -0.2) is 39.3 Å². The number of hydrogen-bond donors (Lipinski definition) is 2. The van der Waals surface area contributed by atoms with Crippen LogP contribution in [0.15, 0.2) is 35.8 Å². The van der Waals surface area contributed by atoms with Crippen molar-refractivity contribution in [1.82, 2.24) is 10.6 Å². The van der Waals surface area contributed by atoms with Crippen LogP contribution in [0.25, 0.3) is 0 Å². The van der Waals surface area contributed by atoms with E-state index in [2.05, 4.69) is 48.2 Å². The van der Waals surface area contributed by atoms with E-state index in [1.165, 1.54) is 5.56 Å². The Morgan fingerprint density at radius 3 is 2.61 bits per heavy atom. The summed E-state index contributed by atoms with van der Waals surface area (Å²) in [7, 11) is 1.76. The maximum absolute atomic E-state index is 5.67. The van der Waals surface area contributed by atoms with Gasteiger partial charge in [-0.15, -0.1) is 30.6 Å². The molecule has 0 unspecified atom stereocenters. The van der Waals surface area contributed by atoms with Gasteiger partial charge >= 0.3 is 0 Å². The van der Waals surface area contributed by atoms with Gasteiger partial charge in [0, 0.05) is 25.6 Å². The van der Waals surface area contributed by atoms with E-state index >= 15 is 0 Å². The number of fused-ring (bicyclic) bond motifs is 1. The van der Waals surface area contributed by atoms with Gasteiger partial charge in [-0.2, -0.15) is 0 Å². The van der Waals surface area contributed by atoms with E-state index in [1.54, 1.807) is 13.1 Å². The van der Waals surface area contributed by atoms with E-state index in [-0.39, 0.29) is 29.4 Å². The third-order valence-electron chi connectivity index (χ3n) is 3.66. The fourth-order valence-electron chi connectivity index (χ4n) is 2.26. The monoisotopic (exact) mass is 431 g/mol. The highest BCUT2D eigenvalue weighted by Crippen LogP contribution is 2.34. The minimum absolute atomic E-state index is 0. The summed E-state index contributed by atoms with van der Waals surface area (Å²) in [5.74, 6) is 2.42. The van der Waals surface area contributed by atoms with Crippen LogP contribution in [-0.2, 0) is 5.41 Å². The van der Waals surface area contributed by atoms with Crippen LogP contribution in [0.1, 0.15) is 19.4 Å². The first kappa shape index (κ1) is 19.6. The molecule has 0 spiro atoms. The van der Waals surface area contributed by atoms with Crippen molar-refractivity contribution in [1.29, 1.82) is 0 Å². The third kappa shape index (κ3) is 5.30. The van der Waals surface area contributed by atoms with Crippen molar-refractivity contribution in [3.63, 3.8) is 0 Å². The van der Waals surface area contributed by atoms with E-state index in [0.717, 1.165) is 24.0 Å². The molecule has 0 saturated heterocycles. The molecule has 0 radical (unpaired) electrons. The average Bonchev–Trinajstić information content (AvgIpc) is 2.54. The number of aliphatic imine (C=N–C) groups is 1. The normalized spacial score (nSPS) is 13.8. The highest BCUT2D eigenvalue weighted by atomic mass is 127. The summed E-state index contributed by atoms with van der Waals surface area (Å²) >= 11 is 0. The Kier molecular flexibility index (Phi) is 7.67. The van der Waals surface area contributed by atoms with Gasteiger partial charge in [-0.3, -0.25) is 4.99 Å². The Hall–Kier alpha value is -1.44. The zero-order valence-electron chi connectivity index (χ0n) is 14.0. The summed E-state index contributed by atoms with van der Waals surface area (Å²) in [6.07, 6.45) is 1.80. The molecule has 6 heteroatoms. The Labute approximate surface area is 155 Å². The lowest BCUT2D eigenvalue weighted by molar-refractivity contribution is 0.171. The molecule has 1 aromatic carbocycles. The van der Waals surface area contributed by atoms with Crippen LogP contribution < -0.4 is 20.1 Å². The van der Waals surface area contributed by atoms with Crippen LogP contribution >= 0.6 is 24.0 Å². The minimum Gasteiger partial charge on any atom is -0.486 e. The number of benzene rings is 1. The quantitative estimate of drug-likeness (QED) is 0.326. The Balaban J connectivity index is 0.00000264. The summed E-state index contributed by atoms with van der Waals surface area (Å²) in [6.45, 7) is 10.7. The second kappa shape index (κ2) is 9.00. The molecule has 1 aliphatic heterocycles. The molecule has 0 bridgehead atoms. The van der Waals surface area contributed by atoms with E-state index in [1.807, 2.05) is 6.07 Å². The fraction of sp³-hybridized carbons (Fsp3) is 0.471. The third-order valence-corrected chi connectivity index (χ3v) is 3.66. The molecule has 2 rings (SSSR count). The van der Waals surface area contributed by atoms with Crippen molar-refractivity contribution in [3.8, 4) is 11.5 Å². The maximum atomic E-state index is 5.67. The largest absolute Gasteiger partial charge is 0.486 e. The lowest BCUT2D eigenvalue weighted by Crippen LogP contribution is -2.43. The van der Waals surface area contributed by atoms with Crippen molar-refractivity contribution >= 4 is 29.9 Å². The van der Waals surface area contributed by atoms with Gasteiger partial charge in [-0.1, -0.05) is 26.0 Å². The summed E-state index contributed by atoms with van der Waals surface area (Å²) in [4.78, 5) is 4.19. The minimum atomic E-state index is -0.0678. The van der Waals surface area contributed by atoms with Crippen LogP contribution in [0, 0.1) is 0 Å². The number of ether oxygens (including phenoxy) is 2. The molecule has 1 aliphatic rings. The number of halogens is 1. The molecular formula is C17H26IN3O2. The van der Waals surface area contributed by atoms with Gasteiger partial charge < -0.3 is 20.1 Å². The number of rotatable bonds is 5. The van der Waals surface area contributed by atoms with Crippen molar-refractivity contribution in [2.45, 2.75) is 19.3 Å². The Morgan fingerprint density at radius 1 is 1.26 bits per heavy atom. The summed E-state index contributed by atoms with van der Waals surface area (Å²) in [5.41, 5.74) is 1.13. The first-order valence-electron chi connectivity index (χ1n) is 7.52. The van der Waals surface area contributed by atoms with E-state index in [4.69, 9.17) is 9.47 Å². The molecule has 5 nitrogen and oxygen atoms in total. The van der Waals surface area contributed by atoms with Crippen molar-refractivity contribution in [2.75, 3.05) is 33.4 Å². The van der Waals surface area contributed by atoms with Crippen LogP contribution in [0.2, 0.25) is 0 Å². The first-order chi connectivity index (χ1) is 10.6. The number of hydrogen-bond acceptors (Lipinski definition) is 3. The van der Waals surface area contributed by atoms with Crippen LogP contribution in [0.5, 0.6) is 11.5 Å². The van der Waals surface area contributed by atoms with E-state index < -0.39 is 0 Å². The molecular weight excluding hydrogens is 405 g/mol. The number of nitrogens with one attached hydrogen (secondary N) is 2. The highest BCUT2D eigenvalue weighted by molar-refractivity contribution is 14.0. The fourth-order valence-corrected chi connectivity index (χ4v) is 2.26. The molecule has 0 aromatic heterocycles. The summed E-state index contributed by atoms with van der Waals surface area (Å²) in [6, 6.07) is 6.14. The average molecular weight is 431 g/mol. The first-order valence-corrected chi connectivity index (χ1v) is 7.52. The van der Waals surface area contributed by atoms with Crippen LogP contribution in [0.4, 0.5) is 0 Å². The summed E-state index contributed by atoms with van der Waals surface area (Å²) < 4.78 is 11.2. The SMILES string of the molecule is C=CCNC(=NC)NCC(C)(C)c1ccc2c(c1)OCCO2.I. The molecule has 2 N–H and O–H groups in total. The molecule has 0 aliphatic carbocycles. The van der Waals surface area contributed by atoms with Gasteiger partial charge in [0.05, 0.1) is 0 Å². The number of nitrogens with zero attached hydrogens (tertiary/aromatic N) is 1. The molecule has 0 saturated carbocycles. The van der Waals surface area contributed by atoms with Gasteiger partial charge in [0.1, 0.15) is 13.2 Å². The zero-order valence-corrected chi connectivity index (χ0v) is 16.3. The predicted molar refractivity (Wildman–Crippen MR) is 105 cm³/mol. The number of guanidine groups is 1. The molecule has 0 fully saturated rings. The predicted octanol–water partition coefficient (Wildman–Crippen LogP) is 2.70. The van der Waals surface area contributed by atoms with Crippen molar-refractivity contribution in [2.24, 2.45) is 4.99 Å². The van der Waals surface area contributed by atoms with Gasteiger partial charge in [-0.25, -0.2) is 0 Å². The van der Waals surface area contributed by atoms with Gasteiger partial charge in [0.15, 0.2) is 17.5 Å². The van der Waals surface area contributed by atoms with Gasteiger partial charge in [0.25, 0.3) is 0 Å². The molecule has 1 heterocycles. The summed E-state index contributed by atoms with van der Waals surface area (Å²) in [5, 5.41) is 6.51. The van der Waals surface area contributed by atoms with Crippen molar-refractivity contribution in [3.05, 3.63) is 36.4 Å². The standard InChI is InChI=1S/C17H25N3O2.HI/c1-5-8-19-16(18-4)20-12-17(2,3)13-6-7-14-15(11-13)22-10-9-21-14;/h5-7,11H,1,8-10,12H2,2-4H3,(H2,18,19,20);1H. The second-order valence-corrected chi connectivity index (χ2v) is 5.84. The van der Waals surface area contributed by atoms with Crippen LogP contribution in [0.3, 0.4) is 0 Å². The Morgan fingerprint density at radius 2 is 1.96 bits per heavy atom. The van der Waals surface area contributed by atoms with E-state index in [9.17, 15) is 0 Å². The van der Waals surface area contributed by atoms with Gasteiger partial charge in [0.2, 0.25) is 0 Å². The second-order valence-electron chi connectivity index (χ2n) is 5.84. The molecule has 0 amide bonds. The smallest absolute Gasteiger partial charge is 0.191 e. The lowest BCUT2D eigenvalue weighted by Gasteiger charge is -2.28. The van der Waals surface area contributed by atoms with Gasteiger partial charge in [-0.05, 0) is 17.7 Å². The molecule has 1 aromatic rings. The topological polar surface area (TPSA) is 54.9 Å². The Bertz CT molecular complexity index is 559.